The van der Waals surface area contributed by atoms with E-state index in [0.717, 1.165) is 6.54 Å². The molecule has 1 N–H and O–H groups in total. The van der Waals surface area contributed by atoms with Crippen LogP contribution in [-0.2, 0) is 6.54 Å². The van der Waals surface area contributed by atoms with Gasteiger partial charge in [0.15, 0.2) is 0 Å². The number of hydrogen-bond acceptors (Lipinski definition) is 2. The van der Waals surface area contributed by atoms with E-state index in [2.05, 4.69) is 64.4 Å². The molecule has 1 aliphatic heterocycles. The molecule has 1 aliphatic rings. The molecule has 0 saturated carbocycles. The lowest BCUT2D eigenvalue weighted by Gasteiger charge is -2.37. The van der Waals surface area contributed by atoms with Gasteiger partial charge >= 0.3 is 0 Å². The van der Waals surface area contributed by atoms with Crippen molar-refractivity contribution in [3.05, 3.63) is 34.3 Å². The highest BCUT2D eigenvalue weighted by Crippen LogP contribution is 2.23. The van der Waals surface area contributed by atoms with Crippen LogP contribution in [0.15, 0.2) is 28.7 Å². The Hall–Kier alpha value is -0.380. The predicted molar refractivity (Wildman–Crippen MR) is 76.1 cm³/mol. The maximum Gasteiger partial charge on any atom is 0.0247 e. The molecule has 1 saturated heterocycles. The van der Waals surface area contributed by atoms with Gasteiger partial charge in [-0.1, -0.05) is 34.1 Å². The summed E-state index contributed by atoms with van der Waals surface area (Å²) in [5.41, 5.74) is 1.39. The lowest BCUT2D eigenvalue weighted by atomic mass is 9.98. The molecule has 0 amide bonds. The molecule has 3 heteroatoms. The highest BCUT2D eigenvalue weighted by molar-refractivity contribution is 9.10. The molecule has 0 aliphatic carbocycles. The van der Waals surface area contributed by atoms with Crippen molar-refractivity contribution in [2.75, 3.05) is 13.6 Å². The Bertz CT molecular complexity index is 367. The van der Waals surface area contributed by atoms with E-state index < -0.39 is 0 Å². The predicted octanol–water partition coefficient (Wildman–Crippen LogP) is 3.02. The van der Waals surface area contributed by atoms with E-state index in [4.69, 9.17) is 0 Å². The fourth-order valence-corrected chi connectivity index (χ4v) is 2.97. The van der Waals surface area contributed by atoms with Gasteiger partial charge in [-0.2, -0.15) is 0 Å². The molecule has 2 rings (SSSR count). The topological polar surface area (TPSA) is 15.3 Å². The molecule has 17 heavy (non-hydrogen) atoms. The van der Waals surface area contributed by atoms with Crippen molar-refractivity contribution in [1.29, 1.82) is 0 Å². The number of nitrogens with zero attached hydrogens (tertiary/aromatic N) is 1. The average molecular weight is 297 g/mol. The summed E-state index contributed by atoms with van der Waals surface area (Å²) in [6, 6.07) is 9.88. The van der Waals surface area contributed by atoms with E-state index in [0.29, 0.717) is 12.1 Å². The van der Waals surface area contributed by atoms with Crippen LogP contribution in [0.5, 0.6) is 0 Å². The Kier molecular flexibility index (Phi) is 4.60. The van der Waals surface area contributed by atoms with E-state index in [1.54, 1.807) is 0 Å². The number of hydrogen-bond donors (Lipinski definition) is 1. The first-order valence-electron chi connectivity index (χ1n) is 6.35. The Morgan fingerprint density at radius 3 is 2.82 bits per heavy atom. The highest BCUT2D eigenvalue weighted by atomic mass is 79.9. The summed E-state index contributed by atoms with van der Waals surface area (Å²) in [4.78, 5) is 2.58. The maximum absolute atomic E-state index is 3.63. The standard InChI is InChI=1S/C14H21BrN2/c1-11-9-13(16-2)7-8-17(11)10-12-5-3-4-6-14(12)15/h3-6,11,13,16H,7-10H2,1-2H3. The molecule has 2 unspecified atom stereocenters. The van der Waals surface area contributed by atoms with Crippen LogP contribution in [0, 0.1) is 0 Å². The molecule has 0 radical (unpaired) electrons. The maximum atomic E-state index is 3.63. The van der Waals surface area contributed by atoms with E-state index >= 15 is 0 Å². The van der Waals surface area contributed by atoms with Gasteiger partial charge in [0.1, 0.15) is 0 Å². The number of benzene rings is 1. The Labute approximate surface area is 113 Å². The fraction of sp³-hybridized carbons (Fsp3) is 0.571. The number of likely N-dealkylation sites (tertiary alicyclic amines) is 1. The van der Waals surface area contributed by atoms with Gasteiger partial charge in [0, 0.05) is 29.6 Å². The lowest BCUT2D eigenvalue weighted by Crippen LogP contribution is -2.46. The van der Waals surface area contributed by atoms with Crippen molar-refractivity contribution in [2.45, 2.75) is 38.4 Å². The van der Waals surface area contributed by atoms with Crippen molar-refractivity contribution in [1.82, 2.24) is 10.2 Å². The van der Waals surface area contributed by atoms with Gasteiger partial charge in [0.05, 0.1) is 0 Å². The lowest BCUT2D eigenvalue weighted by molar-refractivity contribution is 0.131. The number of rotatable bonds is 3. The molecule has 0 aromatic heterocycles. The zero-order valence-corrected chi connectivity index (χ0v) is 12.2. The van der Waals surface area contributed by atoms with Gasteiger partial charge in [-0.05, 0) is 38.4 Å². The summed E-state index contributed by atoms with van der Waals surface area (Å²) in [5, 5.41) is 3.39. The zero-order chi connectivity index (χ0) is 12.3. The quantitative estimate of drug-likeness (QED) is 0.922. The first-order valence-corrected chi connectivity index (χ1v) is 7.14. The van der Waals surface area contributed by atoms with Crippen molar-refractivity contribution in [3.63, 3.8) is 0 Å². The second-order valence-electron chi connectivity index (χ2n) is 4.92. The Morgan fingerprint density at radius 1 is 1.41 bits per heavy atom. The molecule has 1 aromatic rings. The third kappa shape index (κ3) is 3.30. The van der Waals surface area contributed by atoms with E-state index in [9.17, 15) is 0 Å². The van der Waals surface area contributed by atoms with Crippen LogP contribution in [0.1, 0.15) is 25.3 Å². The van der Waals surface area contributed by atoms with Crippen molar-refractivity contribution >= 4 is 15.9 Å². The molecule has 0 spiro atoms. The second-order valence-corrected chi connectivity index (χ2v) is 5.78. The van der Waals surface area contributed by atoms with Crippen LogP contribution >= 0.6 is 15.9 Å². The molecular weight excluding hydrogens is 276 g/mol. The first-order chi connectivity index (χ1) is 8.20. The summed E-state index contributed by atoms with van der Waals surface area (Å²) in [7, 11) is 2.07. The SMILES string of the molecule is CNC1CCN(Cc2ccccc2Br)C(C)C1. The van der Waals surface area contributed by atoms with Gasteiger partial charge in [0.2, 0.25) is 0 Å². The smallest absolute Gasteiger partial charge is 0.0247 e. The van der Waals surface area contributed by atoms with Crippen LogP contribution in [0.25, 0.3) is 0 Å². The normalized spacial score (nSPS) is 26.1. The molecule has 1 fully saturated rings. The van der Waals surface area contributed by atoms with Gasteiger partial charge in [-0.3, -0.25) is 4.90 Å². The van der Waals surface area contributed by atoms with Crippen molar-refractivity contribution < 1.29 is 0 Å². The minimum Gasteiger partial charge on any atom is -0.317 e. The minimum atomic E-state index is 0.660. The molecular formula is C14H21BrN2. The van der Waals surface area contributed by atoms with Gasteiger partial charge in [-0.15, -0.1) is 0 Å². The zero-order valence-electron chi connectivity index (χ0n) is 10.6. The number of piperidine rings is 1. The summed E-state index contributed by atoms with van der Waals surface area (Å²) < 4.78 is 1.22. The monoisotopic (exact) mass is 296 g/mol. The molecule has 2 atom stereocenters. The molecule has 94 valence electrons. The van der Waals surface area contributed by atoms with Crippen LogP contribution in [0.4, 0.5) is 0 Å². The first kappa shape index (κ1) is 13.1. The molecule has 1 aromatic carbocycles. The summed E-state index contributed by atoms with van der Waals surface area (Å²) >= 11 is 3.63. The molecule has 1 heterocycles. The highest BCUT2D eigenvalue weighted by Gasteiger charge is 2.24. The summed E-state index contributed by atoms with van der Waals surface area (Å²) in [5.74, 6) is 0. The molecule has 0 bridgehead atoms. The van der Waals surface area contributed by atoms with Crippen LogP contribution < -0.4 is 5.32 Å². The van der Waals surface area contributed by atoms with E-state index in [1.807, 2.05) is 0 Å². The van der Waals surface area contributed by atoms with Crippen molar-refractivity contribution in [2.24, 2.45) is 0 Å². The van der Waals surface area contributed by atoms with Gasteiger partial charge in [0.25, 0.3) is 0 Å². The Balaban J connectivity index is 1.98. The summed E-state index contributed by atoms with van der Waals surface area (Å²) in [6.45, 7) is 4.58. The third-order valence-electron chi connectivity index (χ3n) is 3.75. The minimum absolute atomic E-state index is 0.660. The second kappa shape index (κ2) is 5.98. The number of halogens is 1. The van der Waals surface area contributed by atoms with Crippen molar-refractivity contribution in [3.8, 4) is 0 Å². The van der Waals surface area contributed by atoms with E-state index in [-0.39, 0.29) is 0 Å². The average Bonchev–Trinajstić information content (AvgIpc) is 2.34. The fourth-order valence-electron chi connectivity index (χ4n) is 2.56. The van der Waals surface area contributed by atoms with Crippen LogP contribution in [-0.4, -0.2) is 30.6 Å². The summed E-state index contributed by atoms with van der Waals surface area (Å²) in [6.07, 6.45) is 2.51. The van der Waals surface area contributed by atoms with Crippen LogP contribution in [0.2, 0.25) is 0 Å². The van der Waals surface area contributed by atoms with Gasteiger partial charge in [-0.25, -0.2) is 0 Å². The van der Waals surface area contributed by atoms with Gasteiger partial charge < -0.3 is 5.32 Å². The third-order valence-corrected chi connectivity index (χ3v) is 4.53. The largest absolute Gasteiger partial charge is 0.317 e. The van der Waals surface area contributed by atoms with E-state index in [1.165, 1.54) is 29.4 Å². The molecule has 2 nitrogen and oxygen atoms in total. The number of nitrogens with one attached hydrogen (secondary N) is 1. The Morgan fingerprint density at radius 2 is 2.18 bits per heavy atom. The van der Waals surface area contributed by atoms with Crippen LogP contribution in [0.3, 0.4) is 0 Å².